The molecule has 7 nitrogen and oxygen atoms in total. The highest BCUT2D eigenvalue weighted by atomic mass is 16.5. The SMILES string of the molecule is CCCOc1ccc(NC(=O)/C=C/c2cc(OC)c(OC)c(OC)c2)cc1OCCC. The van der Waals surface area contributed by atoms with Crippen LogP contribution < -0.4 is 29.0 Å². The van der Waals surface area contributed by atoms with Crippen molar-refractivity contribution in [3.05, 3.63) is 42.0 Å². The molecule has 2 rings (SSSR count). The number of hydrogen-bond donors (Lipinski definition) is 1. The van der Waals surface area contributed by atoms with Gasteiger partial charge in [-0.05, 0) is 48.7 Å². The zero-order valence-electron chi connectivity index (χ0n) is 18.8. The number of nitrogens with one attached hydrogen (secondary N) is 1. The van der Waals surface area contributed by atoms with Crippen LogP contribution in [-0.2, 0) is 4.79 Å². The molecule has 0 radical (unpaired) electrons. The van der Waals surface area contributed by atoms with Gasteiger partial charge in [0.05, 0.1) is 34.5 Å². The summed E-state index contributed by atoms with van der Waals surface area (Å²) in [4.78, 5) is 12.4. The highest BCUT2D eigenvalue weighted by Gasteiger charge is 2.12. The number of benzene rings is 2. The Morgan fingerprint density at radius 1 is 0.839 bits per heavy atom. The van der Waals surface area contributed by atoms with Gasteiger partial charge in [-0.1, -0.05) is 13.8 Å². The molecule has 0 bridgehead atoms. The van der Waals surface area contributed by atoms with Crippen molar-refractivity contribution in [3.8, 4) is 28.7 Å². The number of carbonyl (C=O) groups is 1. The monoisotopic (exact) mass is 429 g/mol. The number of rotatable bonds is 12. The fourth-order valence-corrected chi connectivity index (χ4v) is 2.80. The van der Waals surface area contributed by atoms with Crippen LogP contribution in [0, 0.1) is 0 Å². The summed E-state index contributed by atoms with van der Waals surface area (Å²) in [5.74, 6) is 2.53. The second-order valence-corrected chi connectivity index (χ2v) is 6.64. The molecular formula is C24H31NO6. The fourth-order valence-electron chi connectivity index (χ4n) is 2.80. The van der Waals surface area contributed by atoms with Crippen LogP contribution in [0.15, 0.2) is 36.4 Å². The Bertz CT molecular complexity index is 869. The van der Waals surface area contributed by atoms with Crippen molar-refractivity contribution < 1.29 is 28.5 Å². The zero-order chi connectivity index (χ0) is 22.6. The van der Waals surface area contributed by atoms with E-state index in [4.69, 9.17) is 23.7 Å². The van der Waals surface area contributed by atoms with Crippen LogP contribution >= 0.6 is 0 Å². The van der Waals surface area contributed by atoms with E-state index in [1.165, 1.54) is 6.08 Å². The van der Waals surface area contributed by atoms with Gasteiger partial charge in [0.25, 0.3) is 0 Å². The average molecular weight is 430 g/mol. The van der Waals surface area contributed by atoms with Crippen LogP contribution in [0.1, 0.15) is 32.3 Å². The van der Waals surface area contributed by atoms with Crippen molar-refractivity contribution in [2.75, 3.05) is 39.9 Å². The van der Waals surface area contributed by atoms with Crippen molar-refractivity contribution in [2.45, 2.75) is 26.7 Å². The second-order valence-electron chi connectivity index (χ2n) is 6.64. The molecule has 31 heavy (non-hydrogen) atoms. The Kier molecular flexibility index (Phi) is 9.55. The van der Waals surface area contributed by atoms with E-state index in [0.29, 0.717) is 47.6 Å². The van der Waals surface area contributed by atoms with Crippen LogP contribution in [0.25, 0.3) is 6.08 Å². The molecule has 0 aliphatic heterocycles. The molecule has 0 saturated heterocycles. The lowest BCUT2D eigenvalue weighted by molar-refractivity contribution is -0.111. The highest BCUT2D eigenvalue weighted by molar-refractivity contribution is 6.02. The summed E-state index contributed by atoms with van der Waals surface area (Å²) in [5.41, 5.74) is 1.36. The minimum absolute atomic E-state index is 0.280. The van der Waals surface area contributed by atoms with Gasteiger partial charge in [0, 0.05) is 17.8 Å². The molecule has 1 N–H and O–H groups in total. The number of amides is 1. The van der Waals surface area contributed by atoms with E-state index in [2.05, 4.69) is 5.32 Å². The lowest BCUT2D eigenvalue weighted by atomic mass is 10.1. The predicted molar refractivity (Wildman–Crippen MR) is 122 cm³/mol. The van der Waals surface area contributed by atoms with Gasteiger partial charge in [0.15, 0.2) is 23.0 Å². The van der Waals surface area contributed by atoms with Crippen LogP contribution in [-0.4, -0.2) is 40.5 Å². The van der Waals surface area contributed by atoms with Crippen molar-refractivity contribution in [1.29, 1.82) is 0 Å². The highest BCUT2D eigenvalue weighted by Crippen LogP contribution is 2.38. The molecule has 0 aliphatic carbocycles. The van der Waals surface area contributed by atoms with E-state index in [1.807, 2.05) is 13.8 Å². The minimum atomic E-state index is -0.280. The first-order chi connectivity index (χ1) is 15.1. The van der Waals surface area contributed by atoms with Gasteiger partial charge in [-0.15, -0.1) is 0 Å². The molecule has 7 heteroatoms. The van der Waals surface area contributed by atoms with Crippen molar-refractivity contribution >= 4 is 17.7 Å². The summed E-state index contributed by atoms with van der Waals surface area (Å²) in [6.07, 6.45) is 4.89. The number of hydrogen-bond acceptors (Lipinski definition) is 6. The normalized spacial score (nSPS) is 10.6. The molecule has 1 amide bonds. The second kappa shape index (κ2) is 12.4. The van der Waals surface area contributed by atoms with Gasteiger partial charge in [-0.25, -0.2) is 0 Å². The van der Waals surface area contributed by atoms with Gasteiger partial charge in [0.1, 0.15) is 0 Å². The molecule has 0 unspecified atom stereocenters. The Labute approximate surface area is 183 Å². The van der Waals surface area contributed by atoms with Gasteiger partial charge < -0.3 is 29.0 Å². The van der Waals surface area contributed by atoms with Crippen LogP contribution in [0.4, 0.5) is 5.69 Å². The van der Waals surface area contributed by atoms with E-state index in [1.54, 1.807) is 57.7 Å². The summed E-state index contributed by atoms with van der Waals surface area (Å²) in [6.45, 7) is 5.25. The van der Waals surface area contributed by atoms with Gasteiger partial charge >= 0.3 is 0 Å². The summed E-state index contributed by atoms with van der Waals surface area (Å²) in [7, 11) is 4.63. The van der Waals surface area contributed by atoms with Crippen LogP contribution in [0.5, 0.6) is 28.7 Å². The molecule has 0 aliphatic rings. The van der Waals surface area contributed by atoms with Crippen molar-refractivity contribution in [3.63, 3.8) is 0 Å². The number of ether oxygens (including phenoxy) is 5. The van der Waals surface area contributed by atoms with Gasteiger partial charge in [-0.3, -0.25) is 4.79 Å². The molecule has 168 valence electrons. The van der Waals surface area contributed by atoms with Crippen molar-refractivity contribution in [2.24, 2.45) is 0 Å². The molecule has 0 fully saturated rings. The lowest BCUT2D eigenvalue weighted by Crippen LogP contribution is -2.08. The third-order valence-electron chi connectivity index (χ3n) is 4.25. The summed E-state index contributed by atoms with van der Waals surface area (Å²) in [6, 6.07) is 8.89. The first-order valence-corrected chi connectivity index (χ1v) is 10.2. The third-order valence-corrected chi connectivity index (χ3v) is 4.25. The number of carbonyl (C=O) groups excluding carboxylic acids is 1. The molecular weight excluding hydrogens is 398 g/mol. The molecule has 0 saturated carbocycles. The maximum Gasteiger partial charge on any atom is 0.248 e. The molecule has 2 aromatic rings. The van der Waals surface area contributed by atoms with Gasteiger partial charge in [0.2, 0.25) is 11.7 Å². The average Bonchev–Trinajstić information content (AvgIpc) is 2.79. The molecule has 0 spiro atoms. The molecule has 0 atom stereocenters. The Balaban J connectivity index is 2.15. The van der Waals surface area contributed by atoms with E-state index in [-0.39, 0.29) is 5.91 Å². The third kappa shape index (κ3) is 6.84. The maximum atomic E-state index is 12.4. The summed E-state index contributed by atoms with van der Waals surface area (Å²) < 4.78 is 27.5. The van der Waals surface area contributed by atoms with E-state index in [0.717, 1.165) is 18.4 Å². The standard InChI is InChI=1S/C24H31NO6/c1-6-12-30-19-10-9-18(16-20(19)31-13-7-2)25-23(26)11-8-17-14-21(27-3)24(29-5)22(15-17)28-4/h8-11,14-16H,6-7,12-13H2,1-5H3,(H,25,26)/b11-8+. The van der Waals surface area contributed by atoms with Crippen molar-refractivity contribution in [1.82, 2.24) is 0 Å². The van der Waals surface area contributed by atoms with Crippen LogP contribution in [0.2, 0.25) is 0 Å². The fraction of sp³-hybridized carbons (Fsp3) is 0.375. The lowest BCUT2D eigenvalue weighted by Gasteiger charge is -2.14. The molecule has 0 heterocycles. The largest absolute Gasteiger partial charge is 0.493 e. The van der Waals surface area contributed by atoms with Gasteiger partial charge in [-0.2, -0.15) is 0 Å². The quantitative estimate of drug-likeness (QED) is 0.482. The Morgan fingerprint density at radius 3 is 2.00 bits per heavy atom. The summed E-state index contributed by atoms with van der Waals surface area (Å²) >= 11 is 0. The summed E-state index contributed by atoms with van der Waals surface area (Å²) in [5, 5.41) is 2.84. The molecule has 0 aromatic heterocycles. The zero-order valence-corrected chi connectivity index (χ0v) is 18.8. The first-order valence-electron chi connectivity index (χ1n) is 10.2. The maximum absolute atomic E-state index is 12.4. The minimum Gasteiger partial charge on any atom is -0.493 e. The van der Waals surface area contributed by atoms with E-state index >= 15 is 0 Å². The Morgan fingerprint density at radius 2 is 1.45 bits per heavy atom. The number of anilines is 1. The number of methoxy groups -OCH3 is 3. The van der Waals surface area contributed by atoms with Crippen LogP contribution in [0.3, 0.4) is 0 Å². The smallest absolute Gasteiger partial charge is 0.248 e. The molecule has 2 aromatic carbocycles. The predicted octanol–water partition coefficient (Wildman–Crippen LogP) is 4.94. The van der Waals surface area contributed by atoms with E-state index < -0.39 is 0 Å². The topological polar surface area (TPSA) is 75.3 Å². The van der Waals surface area contributed by atoms with E-state index in [9.17, 15) is 4.79 Å². The Hall–Kier alpha value is -3.35. The first kappa shape index (κ1) is 23.9.